The highest BCUT2D eigenvalue weighted by Gasteiger charge is 2.16. The summed E-state index contributed by atoms with van der Waals surface area (Å²) in [5.74, 6) is 0. The van der Waals surface area contributed by atoms with Crippen molar-refractivity contribution in [1.29, 1.82) is 5.26 Å². The first kappa shape index (κ1) is 11.8. The summed E-state index contributed by atoms with van der Waals surface area (Å²) in [6.07, 6.45) is 0. The number of hydrogen-bond acceptors (Lipinski definition) is 2. The van der Waals surface area contributed by atoms with Crippen molar-refractivity contribution >= 4 is 21.9 Å². The smallest absolute Gasteiger partial charge is 0.136 e. The third-order valence-corrected chi connectivity index (χ3v) is 3.47. The van der Waals surface area contributed by atoms with Crippen LogP contribution >= 0.6 is 0 Å². The van der Waals surface area contributed by atoms with Crippen LogP contribution in [0.5, 0.6) is 0 Å². The molecule has 94 valence electrons. The SMILES string of the molecule is CC(C)(C)c1ccc2oc3cc(C#N)ccc3c2c1. The van der Waals surface area contributed by atoms with Gasteiger partial charge in [-0.15, -0.1) is 0 Å². The molecular weight excluding hydrogens is 234 g/mol. The predicted octanol–water partition coefficient (Wildman–Crippen LogP) is 4.76. The Bertz CT molecular complexity index is 813. The van der Waals surface area contributed by atoms with E-state index in [4.69, 9.17) is 9.68 Å². The van der Waals surface area contributed by atoms with Crippen LogP contribution in [0.4, 0.5) is 0 Å². The fraction of sp³-hybridized carbons (Fsp3) is 0.235. The standard InChI is InChI=1S/C17H15NO/c1-17(2,3)12-5-7-15-14(9-12)13-6-4-11(10-18)8-16(13)19-15/h4-9H,1-3H3. The molecule has 0 fully saturated rings. The second-order valence-corrected chi connectivity index (χ2v) is 5.89. The van der Waals surface area contributed by atoms with E-state index in [2.05, 4.69) is 39.0 Å². The maximum absolute atomic E-state index is 8.93. The number of rotatable bonds is 0. The minimum absolute atomic E-state index is 0.115. The van der Waals surface area contributed by atoms with Gasteiger partial charge in [-0.05, 0) is 41.3 Å². The van der Waals surface area contributed by atoms with Crippen LogP contribution < -0.4 is 0 Å². The zero-order valence-electron chi connectivity index (χ0n) is 11.3. The molecule has 2 heteroatoms. The van der Waals surface area contributed by atoms with E-state index in [0.717, 1.165) is 21.9 Å². The molecule has 1 aromatic heterocycles. The third-order valence-electron chi connectivity index (χ3n) is 3.47. The number of fused-ring (bicyclic) bond motifs is 3. The van der Waals surface area contributed by atoms with E-state index in [0.29, 0.717) is 5.56 Å². The zero-order valence-corrected chi connectivity index (χ0v) is 11.3. The first-order valence-corrected chi connectivity index (χ1v) is 6.36. The molecule has 0 aliphatic rings. The van der Waals surface area contributed by atoms with E-state index in [1.807, 2.05) is 18.2 Å². The zero-order chi connectivity index (χ0) is 13.6. The van der Waals surface area contributed by atoms with Gasteiger partial charge in [-0.3, -0.25) is 0 Å². The third kappa shape index (κ3) is 1.88. The van der Waals surface area contributed by atoms with Crippen molar-refractivity contribution in [3.8, 4) is 6.07 Å². The highest BCUT2D eigenvalue weighted by molar-refractivity contribution is 6.05. The molecule has 1 heterocycles. The first-order valence-electron chi connectivity index (χ1n) is 6.36. The molecule has 0 radical (unpaired) electrons. The van der Waals surface area contributed by atoms with Gasteiger partial charge in [-0.25, -0.2) is 0 Å². The van der Waals surface area contributed by atoms with E-state index in [1.165, 1.54) is 5.56 Å². The van der Waals surface area contributed by atoms with Gasteiger partial charge in [-0.2, -0.15) is 5.26 Å². The number of benzene rings is 2. The minimum Gasteiger partial charge on any atom is -0.456 e. The van der Waals surface area contributed by atoms with Gasteiger partial charge in [0, 0.05) is 10.8 Å². The van der Waals surface area contributed by atoms with Crippen LogP contribution in [0.1, 0.15) is 31.9 Å². The molecule has 0 unspecified atom stereocenters. The molecule has 0 N–H and O–H groups in total. The lowest BCUT2D eigenvalue weighted by molar-refractivity contribution is 0.590. The maximum Gasteiger partial charge on any atom is 0.136 e. The van der Waals surface area contributed by atoms with Gasteiger partial charge in [0.05, 0.1) is 11.6 Å². The molecule has 0 bridgehead atoms. The molecule has 0 atom stereocenters. The summed E-state index contributed by atoms with van der Waals surface area (Å²) in [5.41, 5.74) is 3.68. The van der Waals surface area contributed by atoms with E-state index >= 15 is 0 Å². The van der Waals surface area contributed by atoms with Crippen LogP contribution in [0, 0.1) is 11.3 Å². The van der Waals surface area contributed by atoms with Crippen LogP contribution in [0.25, 0.3) is 21.9 Å². The first-order chi connectivity index (χ1) is 8.99. The average Bonchev–Trinajstić information content (AvgIpc) is 2.73. The van der Waals surface area contributed by atoms with Gasteiger partial charge >= 0.3 is 0 Å². The van der Waals surface area contributed by atoms with E-state index < -0.39 is 0 Å². The van der Waals surface area contributed by atoms with Gasteiger partial charge in [0.15, 0.2) is 0 Å². The van der Waals surface area contributed by atoms with Gasteiger partial charge in [0.25, 0.3) is 0 Å². The van der Waals surface area contributed by atoms with E-state index in [-0.39, 0.29) is 5.41 Å². The molecule has 0 saturated heterocycles. The Morgan fingerprint density at radius 2 is 1.74 bits per heavy atom. The lowest BCUT2D eigenvalue weighted by Gasteiger charge is -2.18. The average molecular weight is 249 g/mol. The van der Waals surface area contributed by atoms with Crippen molar-refractivity contribution < 1.29 is 4.42 Å². The topological polar surface area (TPSA) is 36.9 Å². The summed E-state index contributed by atoms with van der Waals surface area (Å²) in [4.78, 5) is 0. The summed E-state index contributed by atoms with van der Waals surface area (Å²) in [6, 6.07) is 14.0. The van der Waals surface area contributed by atoms with Crippen molar-refractivity contribution in [2.75, 3.05) is 0 Å². The monoisotopic (exact) mass is 249 g/mol. The second-order valence-electron chi connectivity index (χ2n) is 5.89. The Morgan fingerprint density at radius 1 is 0.947 bits per heavy atom. The summed E-state index contributed by atoms with van der Waals surface area (Å²) < 4.78 is 5.81. The van der Waals surface area contributed by atoms with Crippen molar-refractivity contribution in [3.05, 3.63) is 47.5 Å². The molecule has 0 saturated carbocycles. The molecule has 2 nitrogen and oxygen atoms in total. The summed E-state index contributed by atoms with van der Waals surface area (Å²) >= 11 is 0. The van der Waals surface area contributed by atoms with Crippen LogP contribution in [-0.4, -0.2) is 0 Å². The fourth-order valence-corrected chi connectivity index (χ4v) is 2.31. The molecule has 19 heavy (non-hydrogen) atoms. The maximum atomic E-state index is 8.93. The lowest BCUT2D eigenvalue weighted by atomic mass is 9.86. The van der Waals surface area contributed by atoms with Crippen molar-refractivity contribution in [3.63, 3.8) is 0 Å². The molecule has 0 aliphatic heterocycles. The van der Waals surface area contributed by atoms with Crippen molar-refractivity contribution in [2.24, 2.45) is 0 Å². The highest BCUT2D eigenvalue weighted by atomic mass is 16.3. The van der Waals surface area contributed by atoms with E-state index in [9.17, 15) is 0 Å². The molecule has 0 spiro atoms. The minimum atomic E-state index is 0.115. The van der Waals surface area contributed by atoms with Crippen molar-refractivity contribution in [1.82, 2.24) is 0 Å². The van der Waals surface area contributed by atoms with Gasteiger partial charge in [0.2, 0.25) is 0 Å². The molecule has 3 aromatic rings. The second kappa shape index (κ2) is 3.86. The Balaban J connectivity index is 2.34. The van der Waals surface area contributed by atoms with Gasteiger partial charge in [0.1, 0.15) is 11.2 Å². The normalized spacial score (nSPS) is 11.9. The van der Waals surface area contributed by atoms with Gasteiger partial charge < -0.3 is 4.42 Å². The lowest BCUT2D eigenvalue weighted by Crippen LogP contribution is -2.10. The number of furan rings is 1. The molecule has 0 amide bonds. The molecule has 3 rings (SSSR count). The van der Waals surface area contributed by atoms with Gasteiger partial charge in [-0.1, -0.05) is 26.8 Å². The highest BCUT2D eigenvalue weighted by Crippen LogP contribution is 2.33. The Hall–Kier alpha value is -2.27. The summed E-state index contributed by atoms with van der Waals surface area (Å²) in [5, 5.41) is 11.1. The molecule has 2 aromatic carbocycles. The summed E-state index contributed by atoms with van der Waals surface area (Å²) in [7, 11) is 0. The summed E-state index contributed by atoms with van der Waals surface area (Å²) in [6.45, 7) is 6.60. The Morgan fingerprint density at radius 3 is 2.42 bits per heavy atom. The van der Waals surface area contributed by atoms with Crippen LogP contribution in [-0.2, 0) is 5.41 Å². The molecule has 0 aliphatic carbocycles. The number of nitrogens with zero attached hydrogens (tertiary/aromatic N) is 1. The number of hydrogen-bond donors (Lipinski definition) is 0. The van der Waals surface area contributed by atoms with Crippen molar-refractivity contribution in [2.45, 2.75) is 26.2 Å². The fourth-order valence-electron chi connectivity index (χ4n) is 2.31. The quantitative estimate of drug-likeness (QED) is 0.576. The van der Waals surface area contributed by atoms with Crippen LogP contribution in [0.3, 0.4) is 0 Å². The van der Waals surface area contributed by atoms with E-state index in [1.54, 1.807) is 6.07 Å². The Kier molecular flexibility index (Phi) is 2.40. The predicted molar refractivity (Wildman–Crippen MR) is 77.1 cm³/mol. The largest absolute Gasteiger partial charge is 0.456 e. The molecular formula is C17H15NO. The van der Waals surface area contributed by atoms with Crippen LogP contribution in [0.2, 0.25) is 0 Å². The number of nitriles is 1. The van der Waals surface area contributed by atoms with Crippen LogP contribution in [0.15, 0.2) is 40.8 Å². The Labute approximate surface area is 112 Å².